The number of benzene rings is 1. The first kappa shape index (κ1) is 19.3. The summed E-state index contributed by atoms with van der Waals surface area (Å²) in [5.74, 6) is 0.517. The Kier molecular flexibility index (Phi) is 5.29. The minimum atomic E-state index is -0.129. The lowest BCUT2D eigenvalue weighted by Crippen LogP contribution is -2.16. The maximum Gasteiger partial charge on any atom is 0.258 e. The number of nitrogens with zero attached hydrogens (tertiary/aromatic N) is 2. The van der Waals surface area contributed by atoms with Crippen molar-refractivity contribution in [3.05, 3.63) is 86.4 Å². The van der Waals surface area contributed by atoms with Gasteiger partial charge < -0.3 is 10.1 Å². The lowest BCUT2D eigenvalue weighted by Gasteiger charge is -2.09. The van der Waals surface area contributed by atoms with Crippen molar-refractivity contribution in [2.75, 3.05) is 6.54 Å². The maximum absolute atomic E-state index is 12.7. The van der Waals surface area contributed by atoms with Crippen molar-refractivity contribution in [2.45, 2.75) is 26.0 Å². The van der Waals surface area contributed by atoms with Crippen molar-refractivity contribution >= 4 is 33.0 Å². The first-order valence-electron chi connectivity index (χ1n) is 9.89. The molecule has 1 N–H and O–H groups in total. The van der Waals surface area contributed by atoms with Crippen LogP contribution in [-0.4, -0.2) is 16.1 Å². The second-order valence-electron chi connectivity index (χ2n) is 7.29. The van der Waals surface area contributed by atoms with Crippen LogP contribution in [-0.2, 0) is 19.6 Å². The number of ether oxygens (including phenoxy) is 1. The van der Waals surface area contributed by atoms with E-state index < -0.39 is 0 Å². The third kappa shape index (κ3) is 3.86. The van der Waals surface area contributed by atoms with Gasteiger partial charge >= 0.3 is 0 Å². The van der Waals surface area contributed by atoms with Crippen LogP contribution >= 0.6 is 22.9 Å². The standard InChI is InChI=1S/C23H20ClN3O2S/c24-15-3-4-16(26-12-15)14-29-18-7-9-27(23(28)11-18)17-5-6-20-19-2-1-8-25-13-22(19)30-21(20)10-17/h3-7,9-12,25H,1-2,8,13-14H2. The van der Waals surface area contributed by atoms with Gasteiger partial charge in [0.2, 0.25) is 0 Å². The van der Waals surface area contributed by atoms with Gasteiger partial charge in [-0.05, 0) is 60.7 Å². The molecule has 30 heavy (non-hydrogen) atoms. The molecule has 0 unspecified atom stereocenters. The van der Waals surface area contributed by atoms with E-state index in [1.807, 2.05) is 17.4 Å². The molecular formula is C23H20ClN3O2S. The van der Waals surface area contributed by atoms with Crippen LogP contribution in [0.2, 0.25) is 5.02 Å². The van der Waals surface area contributed by atoms with E-state index >= 15 is 0 Å². The number of aryl methyl sites for hydroxylation is 1. The molecule has 1 aromatic carbocycles. The lowest BCUT2D eigenvalue weighted by atomic mass is 10.1. The summed E-state index contributed by atoms with van der Waals surface area (Å²) >= 11 is 7.67. The van der Waals surface area contributed by atoms with Crippen LogP contribution < -0.4 is 15.6 Å². The Hall–Kier alpha value is -2.67. The van der Waals surface area contributed by atoms with Crippen molar-refractivity contribution in [1.82, 2.24) is 14.9 Å². The summed E-state index contributed by atoms with van der Waals surface area (Å²) in [6.45, 7) is 2.28. The molecule has 3 aromatic heterocycles. The second-order valence-corrected chi connectivity index (χ2v) is 8.86. The molecule has 0 saturated heterocycles. The van der Waals surface area contributed by atoms with E-state index in [2.05, 4.69) is 22.4 Å². The normalized spacial score (nSPS) is 13.8. The Morgan fingerprint density at radius 1 is 1.20 bits per heavy atom. The number of aromatic nitrogens is 2. The van der Waals surface area contributed by atoms with Gasteiger partial charge in [0.25, 0.3) is 5.56 Å². The predicted octanol–water partition coefficient (Wildman–Crippen LogP) is 4.72. The molecule has 0 atom stereocenters. The molecule has 152 valence electrons. The summed E-state index contributed by atoms with van der Waals surface area (Å²) in [6, 6.07) is 13.1. The summed E-state index contributed by atoms with van der Waals surface area (Å²) in [4.78, 5) is 18.3. The van der Waals surface area contributed by atoms with Gasteiger partial charge in [-0.25, -0.2) is 0 Å². The molecule has 0 saturated carbocycles. The summed E-state index contributed by atoms with van der Waals surface area (Å²) < 4.78 is 8.59. The summed E-state index contributed by atoms with van der Waals surface area (Å²) in [5.41, 5.74) is 2.94. The molecular weight excluding hydrogens is 418 g/mol. The predicted molar refractivity (Wildman–Crippen MR) is 121 cm³/mol. The number of fused-ring (bicyclic) bond motifs is 3. The van der Waals surface area contributed by atoms with Crippen molar-refractivity contribution in [3.63, 3.8) is 0 Å². The van der Waals surface area contributed by atoms with Gasteiger partial charge in [0.05, 0.1) is 16.4 Å². The molecule has 0 radical (unpaired) electrons. The highest BCUT2D eigenvalue weighted by atomic mass is 35.5. The van der Waals surface area contributed by atoms with Crippen LogP contribution in [0.1, 0.15) is 22.6 Å². The third-order valence-corrected chi connectivity index (χ3v) is 6.69. The van der Waals surface area contributed by atoms with Gasteiger partial charge in [-0.2, -0.15) is 0 Å². The molecule has 4 heterocycles. The molecule has 5 rings (SSSR count). The second kappa shape index (κ2) is 8.22. The van der Waals surface area contributed by atoms with Gasteiger partial charge in [-0.1, -0.05) is 17.7 Å². The number of rotatable bonds is 4. The molecule has 0 bridgehead atoms. The van der Waals surface area contributed by atoms with E-state index in [1.54, 1.807) is 35.2 Å². The highest BCUT2D eigenvalue weighted by molar-refractivity contribution is 7.19. The quantitative estimate of drug-likeness (QED) is 0.502. The van der Waals surface area contributed by atoms with Crippen molar-refractivity contribution in [3.8, 4) is 11.4 Å². The Balaban J connectivity index is 1.39. The van der Waals surface area contributed by atoms with Crippen molar-refractivity contribution < 1.29 is 4.74 Å². The first-order valence-corrected chi connectivity index (χ1v) is 11.1. The fourth-order valence-corrected chi connectivity index (χ4v) is 5.13. The first-order chi connectivity index (χ1) is 14.7. The van der Waals surface area contributed by atoms with Crippen LogP contribution in [0.3, 0.4) is 0 Å². The van der Waals surface area contributed by atoms with Crippen LogP contribution in [0.4, 0.5) is 0 Å². The number of halogens is 1. The van der Waals surface area contributed by atoms with E-state index in [-0.39, 0.29) is 12.2 Å². The van der Waals surface area contributed by atoms with E-state index in [0.717, 1.165) is 37.3 Å². The average molecular weight is 438 g/mol. The van der Waals surface area contributed by atoms with E-state index in [9.17, 15) is 4.79 Å². The van der Waals surface area contributed by atoms with Crippen LogP contribution in [0, 0.1) is 0 Å². The maximum atomic E-state index is 12.7. The number of pyridine rings is 2. The molecule has 1 aliphatic rings. The SMILES string of the molecule is O=c1cc(OCc2ccc(Cl)cn2)ccn1-c1ccc2c3c(sc2c1)CNCCC3. The van der Waals surface area contributed by atoms with Gasteiger partial charge in [0.15, 0.2) is 0 Å². The minimum absolute atomic E-state index is 0.129. The van der Waals surface area contributed by atoms with Gasteiger partial charge in [0, 0.05) is 34.6 Å². The number of nitrogens with one attached hydrogen (secondary N) is 1. The average Bonchev–Trinajstić information content (AvgIpc) is 2.93. The topological polar surface area (TPSA) is 56.1 Å². The summed E-state index contributed by atoms with van der Waals surface area (Å²) in [5, 5.41) is 5.37. The zero-order chi connectivity index (χ0) is 20.5. The summed E-state index contributed by atoms with van der Waals surface area (Å²) in [7, 11) is 0. The Morgan fingerprint density at radius 2 is 2.13 bits per heavy atom. The molecule has 0 aliphatic carbocycles. The molecule has 0 amide bonds. The smallest absolute Gasteiger partial charge is 0.258 e. The molecule has 4 aromatic rings. The van der Waals surface area contributed by atoms with E-state index in [0.29, 0.717) is 10.8 Å². The third-order valence-electron chi connectivity index (χ3n) is 5.27. The molecule has 0 spiro atoms. The van der Waals surface area contributed by atoms with Crippen LogP contribution in [0.5, 0.6) is 5.75 Å². The highest BCUT2D eigenvalue weighted by Gasteiger charge is 2.15. The highest BCUT2D eigenvalue weighted by Crippen LogP contribution is 2.34. The van der Waals surface area contributed by atoms with Gasteiger partial charge in [-0.15, -0.1) is 11.3 Å². The molecule has 7 heteroatoms. The van der Waals surface area contributed by atoms with Crippen molar-refractivity contribution in [1.29, 1.82) is 0 Å². The summed E-state index contributed by atoms with van der Waals surface area (Å²) in [6.07, 6.45) is 5.60. The Bertz CT molecular complexity index is 1260. The zero-order valence-electron chi connectivity index (χ0n) is 16.2. The van der Waals surface area contributed by atoms with Crippen LogP contribution in [0.25, 0.3) is 15.8 Å². The van der Waals surface area contributed by atoms with Gasteiger partial charge in [-0.3, -0.25) is 14.3 Å². The fourth-order valence-electron chi connectivity index (χ4n) is 3.76. The number of hydrogen-bond acceptors (Lipinski definition) is 5. The fraction of sp³-hybridized carbons (Fsp3) is 0.217. The molecule has 5 nitrogen and oxygen atoms in total. The van der Waals surface area contributed by atoms with E-state index in [1.165, 1.54) is 26.6 Å². The van der Waals surface area contributed by atoms with Gasteiger partial charge in [0.1, 0.15) is 12.4 Å². The monoisotopic (exact) mass is 437 g/mol. The van der Waals surface area contributed by atoms with Crippen molar-refractivity contribution in [2.24, 2.45) is 0 Å². The Morgan fingerprint density at radius 3 is 2.97 bits per heavy atom. The Labute approximate surface area is 182 Å². The lowest BCUT2D eigenvalue weighted by molar-refractivity contribution is 0.300. The molecule has 0 fully saturated rings. The molecule has 1 aliphatic heterocycles. The largest absolute Gasteiger partial charge is 0.487 e. The van der Waals surface area contributed by atoms with E-state index in [4.69, 9.17) is 16.3 Å². The van der Waals surface area contributed by atoms with Crippen LogP contribution in [0.15, 0.2) is 59.7 Å². The number of thiophene rings is 1. The minimum Gasteiger partial charge on any atom is -0.487 e. The number of hydrogen-bond donors (Lipinski definition) is 1. The zero-order valence-corrected chi connectivity index (χ0v) is 17.8.